The van der Waals surface area contributed by atoms with Crippen molar-refractivity contribution >= 4 is 0 Å². The average Bonchev–Trinajstić information content (AvgIpc) is 2.09. The van der Waals surface area contributed by atoms with Crippen LogP contribution in [0.4, 0.5) is 8.78 Å². The predicted octanol–water partition coefficient (Wildman–Crippen LogP) is 2.24. The summed E-state index contributed by atoms with van der Waals surface area (Å²) in [5.74, 6) is 0.151. The maximum atomic E-state index is 12.7. The summed E-state index contributed by atoms with van der Waals surface area (Å²) in [6, 6.07) is 1.71. The minimum atomic E-state index is -0.952. The van der Waals surface area contributed by atoms with Crippen molar-refractivity contribution in [2.45, 2.75) is 12.8 Å². The van der Waals surface area contributed by atoms with Crippen LogP contribution in [0.25, 0.3) is 0 Å². The molecule has 1 aromatic rings. The molecule has 1 aromatic carbocycles. The number of benzene rings is 1. The maximum absolute atomic E-state index is 12.7. The molecule has 3 heteroatoms. The zero-order valence-corrected chi connectivity index (χ0v) is 6.85. The van der Waals surface area contributed by atoms with E-state index in [2.05, 4.69) is 5.92 Å². The molecule has 1 nitrogen and oxygen atoms in total. The molecule has 0 spiro atoms. The van der Waals surface area contributed by atoms with Gasteiger partial charge < -0.3 is 5.11 Å². The summed E-state index contributed by atoms with van der Waals surface area (Å²) in [5, 5.41) is 9.14. The van der Waals surface area contributed by atoms with Crippen LogP contribution in [0.3, 0.4) is 0 Å². The second-order valence-electron chi connectivity index (χ2n) is 2.60. The van der Waals surface area contributed by atoms with E-state index in [1.165, 1.54) is 0 Å². The topological polar surface area (TPSA) is 20.2 Å². The molecule has 0 bridgehead atoms. The number of hydrogen-bond donors (Lipinski definition) is 1. The summed E-state index contributed by atoms with van der Waals surface area (Å²) in [4.78, 5) is 0. The minimum Gasteiger partial charge on any atom is -0.505 e. The van der Waals surface area contributed by atoms with E-state index in [0.29, 0.717) is 12.5 Å². The molecule has 68 valence electrons. The van der Waals surface area contributed by atoms with E-state index in [9.17, 15) is 8.78 Å². The van der Waals surface area contributed by atoms with Gasteiger partial charge in [0.1, 0.15) is 5.82 Å². The van der Waals surface area contributed by atoms with Crippen molar-refractivity contribution in [3.63, 3.8) is 0 Å². The highest BCUT2D eigenvalue weighted by Gasteiger charge is 2.08. The molecule has 0 aliphatic rings. The van der Waals surface area contributed by atoms with E-state index in [0.717, 1.165) is 6.07 Å². The molecule has 0 unspecified atom stereocenters. The number of phenolic OH excluding ortho intramolecular Hbond substituents is 1. The van der Waals surface area contributed by atoms with E-state index in [1.807, 2.05) is 0 Å². The Labute approximate surface area is 75.0 Å². The number of phenols is 1. The van der Waals surface area contributed by atoms with Gasteiger partial charge in [0, 0.05) is 18.1 Å². The Morgan fingerprint density at radius 2 is 2.08 bits per heavy atom. The fourth-order valence-electron chi connectivity index (χ4n) is 1.02. The first kappa shape index (κ1) is 9.53. The molecule has 0 saturated heterocycles. The normalized spacial score (nSPS) is 9.62. The molecule has 0 aromatic heterocycles. The second kappa shape index (κ2) is 3.90. The third kappa shape index (κ3) is 2.19. The van der Waals surface area contributed by atoms with Crippen LogP contribution in [-0.4, -0.2) is 5.11 Å². The predicted molar refractivity (Wildman–Crippen MR) is 45.2 cm³/mol. The van der Waals surface area contributed by atoms with Gasteiger partial charge >= 0.3 is 0 Å². The Bertz CT molecular complexity index is 353. The maximum Gasteiger partial charge on any atom is 0.168 e. The lowest BCUT2D eigenvalue weighted by atomic mass is 10.1. The summed E-state index contributed by atoms with van der Waals surface area (Å²) in [6.45, 7) is 0. The van der Waals surface area contributed by atoms with Gasteiger partial charge in [-0.25, -0.2) is 8.78 Å². The Morgan fingerprint density at radius 1 is 1.38 bits per heavy atom. The third-order valence-electron chi connectivity index (χ3n) is 1.65. The number of aromatic hydroxyl groups is 1. The summed E-state index contributed by atoms with van der Waals surface area (Å²) < 4.78 is 25.4. The largest absolute Gasteiger partial charge is 0.505 e. The molecular weight excluding hydrogens is 174 g/mol. The zero-order valence-electron chi connectivity index (χ0n) is 6.85. The van der Waals surface area contributed by atoms with Gasteiger partial charge in [0.2, 0.25) is 0 Å². The zero-order chi connectivity index (χ0) is 9.84. The Morgan fingerprint density at radius 3 is 2.69 bits per heavy atom. The van der Waals surface area contributed by atoms with Crippen LogP contribution in [0.5, 0.6) is 5.75 Å². The van der Waals surface area contributed by atoms with E-state index >= 15 is 0 Å². The number of rotatable bonds is 2. The van der Waals surface area contributed by atoms with Crippen LogP contribution in [-0.2, 0) is 6.42 Å². The molecule has 0 aliphatic heterocycles. The Balaban J connectivity index is 3.00. The molecule has 0 heterocycles. The van der Waals surface area contributed by atoms with E-state index in [-0.39, 0.29) is 12.0 Å². The van der Waals surface area contributed by atoms with Crippen molar-refractivity contribution in [1.29, 1.82) is 0 Å². The van der Waals surface area contributed by atoms with Gasteiger partial charge in [-0.05, 0) is 12.5 Å². The average molecular weight is 182 g/mol. The van der Waals surface area contributed by atoms with Crippen LogP contribution in [0.2, 0.25) is 0 Å². The highest BCUT2D eigenvalue weighted by molar-refractivity contribution is 5.34. The monoisotopic (exact) mass is 182 g/mol. The van der Waals surface area contributed by atoms with Crippen molar-refractivity contribution in [2.24, 2.45) is 0 Å². The molecular formula is C10H8F2O. The fraction of sp³-hybridized carbons (Fsp3) is 0.200. The highest BCUT2D eigenvalue weighted by Crippen LogP contribution is 2.23. The molecule has 0 saturated carbocycles. The summed E-state index contributed by atoms with van der Waals surface area (Å²) in [6.07, 6.45) is 5.60. The van der Waals surface area contributed by atoms with Gasteiger partial charge in [-0.1, -0.05) is 0 Å². The Kier molecular flexibility index (Phi) is 2.86. The van der Waals surface area contributed by atoms with Crippen LogP contribution in [0.15, 0.2) is 12.1 Å². The first-order chi connectivity index (χ1) is 6.15. The summed E-state index contributed by atoms with van der Waals surface area (Å²) >= 11 is 0. The minimum absolute atomic E-state index is 0.204. The molecule has 0 amide bonds. The second-order valence-corrected chi connectivity index (χ2v) is 2.60. The smallest absolute Gasteiger partial charge is 0.168 e. The van der Waals surface area contributed by atoms with Crippen molar-refractivity contribution in [2.75, 3.05) is 0 Å². The highest BCUT2D eigenvalue weighted by atomic mass is 19.1. The molecule has 1 N–H and O–H groups in total. The van der Waals surface area contributed by atoms with E-state index in [4.69, 9.17) is 11.5 Å². The van der Waals surface area contributed by atoms with Crippen molar-refractivity contribution < 1.29 is 13.9 Å². The van der Waals surface area contributed by atoms with E-state index in [1.54, 1.807) is 0 Å². The van der Waals surface area contributed by atoms with Crippen molar-refractivity contribution in [3.8, 4) is 18.1 Å². The Hall–Kier alpha value is -1.56. The van der Waals surface area contributed by atoms with Crippen LogP contribution < -0.4 is 0 Å². The lowest BCUT2D eigenvalue weighted by molar-refractivity contribution is 0.421. The third-order valence-corrected chi connectivity index (χ3v) is 1.65. The molecule has 0 atom stereocenters. The van der Waals surface area contributed by atoms with Crippen LogP contribution in [0, 0.1) is 24.0 Å². The molecule has 0 radical (unpaired) electrons. The number of terminal acetylenes is 1. The summed E-state index contributed by atoms with van der Waals surface area (Å²) in [7, 11) is 0. The number of hydrogen-bond acceptors (Lipinski definition) is 1. The molecule has 13 heavy (non-hydrogen) atoms. The van der Waals surface area contributed by atoms with Gasteiger partial charge in [0.25, 0.3) is 0 Å². The van der Waals surface area contributed by atoms with Crippen LogP contribution in [0.1, 0.15) is 12.0 Å². The van der Waals surface area contributed by atoms with Gasteiger partial charge in [0.05, 0.1) is 0 Å². The quantitative estimate of drug-likeness (QED) is 0.695. The lowest BCUT2D eigenvalue weighted by Gasteiger charge is -2.03. The first-order valence-corrected chi connectivity index (χ1v) is 3.75. The van der Waals surface area contributed by atoms with Crippen molar-refractivity contribution in [3.05, 3.63) is 29.3 Å². The number of halogens is 2. The van der Waals surface area contributed by atoms with Gasteiger partial charge in [-0.2, -0.15) is 0 Å². The first-order valence-electron chi connectivity index (χ1n) is 3.75. The molecule has 0 aliphatic carbocycles. The standard InChI is InChI=1S/C10H8F2O/c1-2-3-4-7-5-8(11)6-9(12)10(7)13/h1,5-6,13H,3-4H2. The van der Waals surface area contributed by atoms with Gasteiger partial charge in [-0.3, -0.25) is 0 Å². The molecule has 1 rings (SSSR count). The number of aryl methyl sites for hydroxylation is 1. The molecule has 0 fully saturated rings. The van der Waals surface area contributed by atoms with Crippen LogP contribution >= 0.6 is 0 Å². The summed E-state index contributed by atoms with van der Waals surface area (Å²) in [5.41, 5.74) is 0.204. The van der Waals surface area contributed by atoms with Crippen molar-refractivity contribution in [1.82, 2.24) is 0 Å². The van der Waals surface area contributed by atoms with Gasteiger partial charge in [-0.15, -0.1) is 12.3 Å². The van der Waals surface area contributed by atoms with E-state index < -0.39 is 17.4 Å². The fourth-order valence-corrected chi connectivity index (χ4v) is 1.02. The SMILES string of the molecule is C#CCCc1cc(F)cc(F)c1O. The lowest BCUT2D eigenvalue weighted by Crippen LogP contribution is -1.90. The van der Waals surface area contributed by atoms with Gasteiger partial charge in [0.15, 0.2) is 11.6 Å².